The van der Waals surface area contributed by atoms with Gasteiger partial charge < -0.3 is 10.3 Å². The molecule has 0 saturated carbocycles. The van der Waals surface area contributed by atoms with Gasteiger partial charge in [-0.05, 0) is 31.9 Å². The predicted molar refractivity (Wildman–Crippen MR) is 72.8 cm³/mol. The highest BCUT2D eigenvalue weighted by Crippen LogP contribution is 2.29. The van der Waals surface area contributed by atoms with Crippen LogP contribution in [0.1, 0.15) is 39.9 Å². The molecule has 1 aromatic carbocycles. The number of benzene rings is 1. The Kier molecular flexibility index (Phi) is 2.71. The van der Waals surface area contributed by atoms with Crippen molar-refractivity contribution in [2.45, 2.75) is 33.2 Å². The Bertz CT molecular complexity index is 583. The quantitative estimate of drug-likeness (QED) is 0.805. The van der Waals surface area contributed by atoms with E-state index in [1.807, 2.05) is 6.92 Å². The van der Waals surface area contributed by atoms with Crippen LogP contribution in [-0.4, -0.2) is 16.5 Å². The van der Waals surface area contributed by atoms with Gasteiger partial charge in [0.15, 0.2) is 0 Å². The average molecular weight is 241 g/mol. The third kappa shape index (κ3) is 1.85. The molecule has 3 nitrogen and oxygen atoms in total. The van der Waals surface area contributed by atoms with Gasteiger partial charge in [0.1, 0.15) is 5.82 Å². The second-order valence-corrected chi connectivity index (χ2v) is 5.18. The summed E-state index contributed by atoms with van der Waals surface area (Å²) in [7, 11) is 0. The third-order valence-electron chi connectivity index (χ3n) is 3.67. The number of aromatic amines is 1. The number of aryl methyl sites for hydroxylation is 3. The van der Waals surface area contributed by atoms with E-state index in [1.54, 1.807) is 0 Å². The number of imidazole rings is 1. The van der Waals surface area contributed by atoms with Crippen molar-refractivity contribution < 1.29 is 0 Å². The molecular formula is C15H19N3. The van der Waals surface area contributed by atoms with Gasteiger partial charge in [-0.2, -0.15) is 0 Å². The number of fused-ring (bicyclic) bond motifs is 1. The van der Waals surface area contributed by atoms with Gasteiger partial charge in [0, 0.05) is 18.7 Å². The highest BCUT2D eigenvalue weighted by molar-refractivity contribution is 5.39. The van der Waals surface area contributed by atoms with Crippen LogP contribution < -0.4 is 5.32 Å². The fourth-order valence-electron chi connectivity index (χ4n) is 2.75. The van der Waals surface area contributed by atoms with E-state index < -0.39 is 0 Å². The van der Waals surface area contributed by atoms with Crippen LogP contribution in [0.15, 0.2) is 18.2 Å². The molecule has 0 fully saturated rings. The zero-order valence-electron chi connectivity index (χ0n) is 11.2. The number of H-pyrrole nitrogens is 1. The van der Waals surface area contributed by atoms with Crippen LogP contribution in [0.25, 0.3) is 0 Å². The number of nitrogens with one attached hydrogen (secondary N) is 2. The fourth-order valence-corrected chi connectivity index (χ4v) is 2.75. The summed E-state index contributed by atoms with van der Waals surface area (Å²) in [4.78, 5) is 8.04. The molecule has 1 atom stereocenters. The largest absolute Gasteiger partial charge is 0.346 e. The molecule has 1 aliphatic heterocycles. The highest BCUT2D eigenvalue weighted by Gasteiger charge is 2.25. The summed E-state index contributed by atoms with van der Waals surface area (Å²) in [5.74, 6) is 1.01. The first-order valence-corrected chi connectivity index (χ1v) is 6.51. The van der Waals surface area contributed by atoms with E-state index in [1.165, 1.54) is 28.1 Å². The summed E-state index contributed by atoms with van der Waals surface area (Å²) < 4.78 is 0. The zero-order chi connectivity index (χ0) is 12.7. The van der Waals surface area contributed by atoms with Crippen molar-refractivity contribution in [2.24, 2.45) is 0 Å². The lowest BCUT2D eigenvalue weighted by molar-refractivity contribution is 0.551. The monoisotopic (exact) mass is 241 g/mol. The van der Waals surface area contributed by atoms with Crippen molar-refractivity contribution in [2.75, 3.05) is 6.54 Å². The zero-order valence-corrected chi connectivity index (χ0v) is 11.2. The number of nitrogens with zero attached hydrogens (tertiary/aromatic N) is 1. The molecule has 1 aromatic heterocycles. The molecule has 0 saturated heterocycles. The SMILES string of the molecule is Cc1ccc(C)c(C2NCCc3[nH]c(C)nc32)c1. The van der Waals surface area contributed by atoms with Crippen LogP contribution >= 0.6 is 0 Å². The standard InChI is InChI=1S/C15H19N3/c1-9-4-5-10(2)12(8-9)14-15-13(6-7-16-14)17-11(3)18-15/h4-5,8,14,16H,6-7H2,1-3H3,(H,17,18). The topological polar surface area (TPSA) is 40.7 Å². The second kappa shape index (κ2) is 4.25. The summed E-state index contributed by atoms with van der Waals surface area (Å²) in [5.41, 5.74) is 6.44. The maximum atomic E-state index is 4.66. The van der Waals surface area contributed by atoms with Gasteiger partial charge in [-0.15, -0.1) is 0 Å². The highest BCUT2D eigenvalue weighted by atomic mass is 15.0. The molecule has 0 spiro atoms. The van der Waals surface area contributed by atoms with Gasteiger partial charge in [0.25, 0.3) is 0 Å². The van der Waals surface area contributed by atoms with E-state index in [0.29, 0.717) is 0 Å². The Hall–Kier alpha value is -1.61. The smallest absolute Gasteiger partial charge is 0.103 e. The van der Waals surface area contributed by atoms with E-state index in [-0.39, 0.29) is 6.04 Å². The van der Waals surface area contributed by atoms with Crippen molar-refractivity contribution in [1.82, 2.24) is 15.3 Å². The first-order valence-electron chi connectivity index (χ1n) is 6.51. The van der Waals surface area contributed by atoms with Crippen LogP contribution in [0.3, 0.4) is 0 Å². The van der Waals surface area contributed by atoms with Crippen molar-refractivity contribution in [3.63, 3.8) is 0 Å². The summed E-state index contributed by atoms with van der Waals surface area (Å²) in [5, 5.41) is 3.59. The minimum absolute atomic E-state index is 0.235. The van der Waals surface area contributed by atoms with Crippen LogP contribution in [0.5, 0.6) is 0 Å². The van der Waals surface area contributed by atoms with Crippen molar-refractivity contribution >= 4 is 0 Å². The van der Waals surface area contributed by atoms with Crippen LogP contribution in [-0.2, 0) is 6.42 Å². The lowest BCUT2D eigenvalue weighted by Gasteiger charge is -2.25. The molecule has 2 heterocycles. The van der Waals surface area contributed by atoms with Crippen LogP contribution in [0.2, 0.25) is 0 Å². The van der Waals surface area contributed by atoms with Gasteiger partial charge in [-0.3, -0.25) is 0 Å². The average Bonchev–Trinajstić information content (AvgIpc) is 2.72. The van der Waals surface area contributed by atoms with Crippen molar-refractivity contribution in [1.29, 1.82) is 0 Å². The van der Waals surface area contributed by atoms with Gasteiger partial charge >= 0.3 is 0 Å². The molecule has 0 radical (unpaired) electrons. The van der Waals surface area contributed by atoms with Crippen molar-refractivity contribution in [3.8, 4) is 0 Å². The summed E-state index contributed by atoms with van der Waals surface area (Å²) >= 11 is 0. The van der Waals surface area contributed by atoms with E-state index in [2.05, 4.69) is 47.3 Å². The molecule has 2 N–H and O–H groups in total. The number of rotatable bonds is 1. The lowest BCUT2D eigenvalue weighted by atomic mass is 9.93. The molecule has 1 aliphatic rings. The fraction of sp³-hybridized carbons (Fsp3) is 0.400. The van der Waals surface area contributed by atoms with E-state index in [0.717, 1.165) is 18.8 Å². The minimum atomic E-state index is 0.235. The Morgan fingerprint density at radius 2 is 2.06 bits per heavy atom. The third-order valence-corrected chi connectivity index (χ3v) is 3.67. The predicted octanol–water partition coefficient (Wildman–Crippen LogP) is 2.57. The summed E-state index contributed by atoms with van der Waals surface area (Å²) in [6.07, 6.45) is 1.04. The van der Waals surface area contributed by atoms with Crippen molar-refractivity contribution in [3.05, 3.63) is 52.1 Å². The molecule has 0 aliphatic carbocycles. The number of aromatic nitrogens is 2. The van der Waals surface area contributed by atoms with Gasteiger partial charge in [0.05, 0.1) is 11.7 Å². The maximum Gasteiger partial charge on any atom is 0.103 e. The summed E-state index contributed by atoms with van der Waals surface area (Å²) in [6.45, 7) is 7.35. The maximum absolute atomic E-state index is 4.66. The summed E-state index contributed by atoms with van der Waals surface area (Å²) in [6, 6.07) is 6.86. The van der Waals surface area contributed by atoms with E-state index in [9.17, 15) is 0 Å². The number of hydrogen-bond acceptors (Lipinski definition) is 2. The van der Waals surface area contributed by atoms with Gasteiger partial charge in [-0.25, -0.2) is 4.98 Å². The van der Waals surface area contributed by atoms with Gasteiger partial charge in [0.2, 0.25) is 0 Å². The number of hydrogen-bond donors (Lipinski definition) is 2. The second-order valence-electron chi connectivity index (χ2n) is 5.18. The van der Waals surface area contributed by atoms with E-state index in [4.69, 9.17) is 0 Å². The molecule has 2 aromatic rings. The molecule has 3 rings (SSSR count). The molecule has 18 heavy (non-hydrogen) atoms. The normalized spacial score (nSPS) is 18.7. The Morgan fingerprint density at radius 1 is 1.22 bits per heavy atom. The lowest BCUT2D eigenvalue weighted by Crippen LogP contribution is -2.31. The Morgan fingerprint density at radius 3 is 2.89 bits per heavy atom. The Labute approximate surface area is 108 Å². The molecular weight excluding hydrogens is 222 g/mol. The first-order chi connectivity index (χ1) is 8.65. The minimum Gasteiger partial charge on any atom is -0.346 e. The van der Waals surface area contributed by atoms with Gasteiger partial charge in [-0.1, -0.05) is 23.8 Å². The van der Waals surface area contributed by atoms with Crippen LogP contribution in [0, 0.1) is 20.8 Å². The first kappa shape index (κ1) is 11.5. The molecule has 1 unspecified atom stereocenters. The molecule has 0 amide bonds. The van der Waals surface area contributed by atoms with Crippen LogP contribution in [0.4, 0.5) is 0 Å². The molecule has 0 bridgehead atoms. The molecule has 94 valence electrons. The molecule has 3 heteroatoms. The Balaban J connectivity index is 2.10. The van der Waals surface area contributed by atoms with E-state index >= 15 is 0 Å².